The van der Waals surface area contributed by atoms with Crippen LogP contribution in [0.15, 0.2) is 53.5 Å². The first kappa shape index (κ1) is 30.8. The molecule has 43 heavy (non-hydrogen) atoms. The van der Waals surface area contributed by atoms with E-state index in [1.807, 2.05) is 21.3 Å². The van der Waals surface area contributed by atoms with Crippen molar-refractivity contribution in [3.8, 4) is 11.4 Å². The van der Waals surface area contributed by atoms with Gasteiger partial charge in [-0.3, -0.25) is 9.59 Å². The van der Waals surface area contributed by atoms with Crippen molar-refractivity contribution in [3.63, 3.8) is 0 Å². The number of halogens is 2. The fourth-order valence-electron chi connectivity index (χ4n) is 4.74. The number of rotatable bonds is 11. The maximum Gasteiger partial charge on any atom is 0.316 e. The van der Waals surface area contributed by atoms with Gasteiger partial charge in [-0.05, 0) is 37.1 Å². The molecule has 10 nitrogen and oxygen atoms in total. The second-order valence-corrected chi connectivity index (χ2v) is 12.8. The topological polar surface area (TPSA) is 126 Å². The first-order chi connectivity index (χ1) is 20.5. The Morgan fingerprint density at radius 1 is 1.07 bits per heavy atom. The van der Waals surface area contributed by atoms with E-state index in [2.05, 4.69) is 5.10 Å². The summed E-state index contributed by atoms with van der Waals surface area (Å²) in [5.74, 6) is -1.91. The minimum Gasteiger partial charge on any atom is -0.598 e. The molecular weight excluding hydrogens is 580 g/mol. The van der Waals surface area contributed by atoms with Crippen molar-refractivity contribution in [2.45, 2.75) is 32.4 Å². The molecule has 1 aromatic heterocycles. The molecular formula is C30H35F2N5O5S. The van der Waals surface area contributed by atoms with Gasteiger partial charge in [-0.1, -0.05) is 26.0 Å². The van der Waals surface area contributed by atoms with Crippen molar-refractivity contribution in [3.05, 3.63) is 76.2 Å². The zero-order chi connectivity index (χ0) is 30.7. The Bertz CT molecular complexity index is 1490. The van der Waals surface area contributed by atoms with Crippen LogP contribution in [0, 0.1) is 23.0 Å². The van der Waals surface area contributed by atoms with Crippen LogP contribution in [0.2, 0.25) is 0 Å². The minimum atomic E-state index is -1.25. The second kappa shape index (κ2) is 12.9. The van der Waals surface area contributed by atoms with Crippen LogP contribution in [0.5, 0.6) is 5.75 Å². The van der Waals surface area contributed by atoms with Crippen molar-refractivity contribution in [2.24, 2.45) is 11.3 Å². The molecule has 2 heterocycles. The number of nitrogens with two attached hydrogens (primary N) is 1. The Hall–Kier alpha value is -3.68. The number of aromatic nitrogens is 2. The van der Waals surface area contributed by atoms with Gasteiger partial charge >= 0.3 is 11.5 Å². The minimum absolute atomic E-state index is 0.0161. The van der Waals surface area contributed by atoms with Gasteiger partial charge in [-0.2, -0.15) is 9.78 Å². The number of carbonyl (C=O) groups excluding carboxylic acids is 1. The van der Waals surface area contributed by atoms with Crippen LogP contribution >= 0.6 is 0 Å². The van der Waals surface area contributed by atoms with Gasteiger partial charge in [0.15, 0.2) is 5.75 Å². The van der Waals surface area contributed by atoms with E-state index in [0.29, 0.717) is 49.4 Å². The van der Waals surface area contributed by atoms with Crippen molar-refractivity contribution >= 4 is 28.7 Å². The number of ether oxygens (including phenoxy) is 2. The van der Waals surface area contributed by atoms with Gasteiger partial charge in [0, 0.05) is 47.2 Å². The predicted molar refractivity (Wildman–Crippen MR) is 159 cm³/mol. The normalized spacial score (nSPS) is 17.1. The number of hydrogen-bond acceptors (Lipinski definition) is 9. The van der Waals surface area contributed by atoms with E-state index < -0.39 is 34.0 Å². The number of nitrogens with zero attached hydrogens (tertiary/aromatic N) is 4. The molecule has 0 amide bonds. The molecule has 230 valence electrons. The lowest BCUT2D eigenvalue weighted by Gasteiger charge is -2.36. The number of benzene rings is 2. The zero-order valence-electron chi connectivity index (χ0n) is 24.1. The first-order valence-electron chi connectivity index (χ1n) is 14.1. The van der Waals surface area contributed by atoms with Crippen molar-refractivity contribution in [1.29, 1.82) is 0 Å². The monoisotopic (exact) mass is 615 g/mol. The lowest BCUT2D eigenvalue weighted by Crippen LogP contribution is -2.49. The van der Waals surface area contributed by atoms with Gasteiger partial charge in [-0.15, -0.1) is 4.31 Å². The third-order valence-corrected chi connectivity index (χ3v) is 9.14. The number of nitrogen functional groups attached to an aromatic ring is 1. The molecule has 1 aliphatic heterocycles. The molecule has 1 saturated carbocycles. The zero-order valence-corrected chi connectivity index (χ0v) is 24.9. The summed E-state index contributed by atoms with van der Waals surface area (Å²) in [5.41, 5.74) is 6.58. The molecule has 0 spiro atoms. The van der Waals surface area contributed by atoms with Crippen LogP contribution in [-0.2, 0) is 26.6 Å². The van der Waals surface area contributed by atoms with Gasteiger partial charge in [-0.25, -0.2) is 8.78 Å². The quantitative estimate of drug-likeness (QED) is 0.196. The number of esters is 1. The van der Waals surface area contributed by atoms with Crippen molar-refractivity contribution < 1.29 is 27.6 Å². The van der Waals surface area contributed by atoms with E-state index in [-0.39, 0.29) is 36.5 Å². The maximum atomic E-state index is 14.0. The highest BCUT2D eigenvalue weighted by Gasteiger charge is 2.45. The van der Waals surface area contributed by atoms with E-state index in [4.69, 9.17) is 15.2 Å². The number of piperazine rings is 1. The second-order valence-electron chi connectivity index (χ2n) is 11.4. The predicted octanol–water partition coefficient (Wildman–Crippen LogP) is 3.44. The largest absolute Gasteiger partial charge is 0.598 e. The summed E-state index contributed by atoms with van der Waals surface area (Å²) in [6.45, 7) is 5.63. The average molecular weight is 616 g/mol. The van der Waals surface area contributed by atoms with Gasteiger partial charge in [0.25, 0.3) is 0 Å². The molecule has 3 aromatic rings. The first-order valence-corrected chi connectivity index (χ1v) is 15.4. The highest BCUT2D eigenvalue weighted by atomic mass is 32.2. The fourth-order valence-corrected chi connectivity index (χ4v) is 5.97. The Morgan fingerprint density at radius 3 is 2.33 bits per heavy atom. The van der Waals surface area contributed by atoms with Crippen LogP contribution < -0.4 is 20.9 Å². The summed E-state index contributed by atoms with van der Waals surface area (Å²) in [6, 6.07) is 10.0. The lowest BCUT2D eigenvalue weighted by molar-refractivity contribution is -0.149. The molecule has 1 saturated heterocycles. The van der Waals surface area contributed by atoms with Crippen molar-refractivity contribution in [1.82, 2.24) is 14.1 Å². The van der Waals surface area contributed by atoms with E-state index in [9.17, 15) is 22.9 Å². The number of hydrogen-bond donors (Lipinski definition) is 1. The molecule has 0 radical (unpaired) electrons. The smallest absolute Gasteiger partial charge is 0.316 e. The Kier molecular flexibility index (Phi) is 9.23. The Labute approximate surface area is 251 Å². The molecule has 2 aromatic carbocycles. The third kappa shape index (κ3) is 7.46. The molecule has 1 aliphatic carbocycles. The van der Waals surface area contributed by atoms with E-state index in [0.717, 1.165) is 35.2 Å². The van der Waals surface area contributed by atoms with Crippen molar-refractivity contribution in [2.75, 3.05) is 50.0 Å². The summed E-state index contributed by atoms with van der Waals surface area (Å²) in [4.78, 5) is 27.7. The van der Waals surface area contributed by atoms with Crippen LogP contribution in [0.25, 0.3) is 5.69 Å². The SMILES string of the molecule is CC(C)C(=O)OCC1(COc2c(N3CCN([S+]([O-])Cc4ccc(N)cc4)CC3)cnn(-c3cc(F)cc(F)c3)c2=O)CC1. The summed E-state index contributed by atoms with van der Waals surface area (Å²) in [5, 5.41) is 4.22. The maximum absolute atomic E-state index is 14.0. The molecule has 0 bridgehead atoms. The summed E-state index contributed by atoms with van der Waals surface area (Å²) in [7, 11) is 0. The third-order valence-electron chi connectivity index (χ3n) is 7.62. The van der Waals surface area contributed by atoms with Crippen LogP contribution in [0.4, 0.5) is 20.2 Å². The molecule has 13 heteroatoms. The number of carbonyl (C=O) groups is 1. The van der Waals surface area contributed by atoms with E-state index in [1.165, 1.54) is 6.20 Å². The molecule has 2 fully saturated rings. The van der Waals surface area contributed by atoms with Gasteiger partial charge in [0.05, 0.1) is 37.5 Å². The highest BCUT2D eigenvalue weighted by molar-refractivity contribution is 7.88. The molecule has 5 rings (SSSR count). The average Bonchev–Trinajstić information content (AvgIpc) is 3.75. The van der Waals surface area contributed by atoms with Gasteiger partial charge < -0.3 is 24.7 Å². The van der Waals surface area contributed by atoms with Crippen LogP contribution in [0.1, 0.15) is 32.3 Å². The summed E-state index contributed by atoms with van der Waals surface area (Å²) < 4.78 is 55.4. The Balaban J connectivity index is 1.34. The fraction of sp³-hybridized carbons (Fsp3) is 0.433. The van der Waals surface area contributed by atoms with Gasteiger partial charge in [0.1, 0.15) is 23.9 Å². The van der Waals surface area contributed by atoms with E-state index >= 15 is 0 Å². The van der Waals surface area contributed by atoms with Crippen LogP contribution in [-0.4, -0.2) is 64.0 Å². The summed E-state index contributed by atoms with van der Waals surface area (Å²) >= 11 is -1.25. The van der Waals surface area contributed by atoms with E-state index in [1.54, 1.807) is 26.0 Å². The molecule has 2 aliphatic rings. The molecule has 2 N–H and O–H groups in total. The highest BCUT2D eigenvalue weighted by Crippen LogP contribution is 2.46. The molecule has 1 atom stereocenters. The number of anilines is 2. The lowest BCUT2D eigenvalue weighted by atomic mass is 10.1. The van der Waals surface area contributed by atoms with Gasteiger partial charge in [0.2, 0.25) is 5.75 Å². The standard InChI is InChI=1S/C30H35F2N5O5S/c1-20(2)29(39)42-19-30(7-8-30)18-41-27-26(16-34-37(28(27)38)25-14-22(31)13-23(32)15-25)35-9-11-36(12-10-35)43(40)17-21-3-5-24(33)6-4-21/h3-6,13-16,20H,7-12,17-19,33H2,1-2H3. The van der Waals surface area contributed by atoms with Crippen LogP contribution in [0.3, 0.4) is 0 Å². The Morgan fingerprint density at radius 2 is 1.72 bits per heavy atom. The summed E-state index contributed by atoms with van der Waals surface area (Å²) in [6.07, 6.45) is 2.97. The molecule has 1 unspecified atom stereocenters.